The minimum atomic E-state index is -1.93. The smallest absolute Gasteiger partial charge is 0.408 e. The van der Waals surface area contributed by atoms with E-state index in [9.17, 15) is 14.9 Å². The van der Waals surface area contributed by atoms with Crippen molar-refractivity contribution in [2.75, 3.05) is 12.4 Å². The second-order valence-corrected chi connectivity index (χ2v) is 6.79. The number of carbonyl (C=O) groups is 1. The van der Waals surface area contributed by atoms with Crippen LogP contribution in [0.5, 0.6) is 0 Å². The number of alkyl carbamates (subject to hydrolysis) is 1. The maximum Gasteiger partial charge on any atom is 0.408 e. The summed E-state index contributed by atoms with van der Waals surface area (Å²) in [5.74, 6) is 0. The predicted molar refractivity (Wildman–Crippen MR) is 92.1 cm³/mol. The van der Waals surface area contributed by atoms with E-state index in [1.807, 2.05) is 0 Å². The number of nitrogens with zero attached hydrogens (tertiary/aromatic N) is 1. The number of anilines is 1. The van der Waals surface area contributed by atoms with E-state index in [4.69, 9.17) is 47.0 Å². The molecule has 1 aromatic rings. The fourth-order valence-corrected chi connectivity index (χ4v) is 1.94. The molecular formula is C11H11Cl3N4O4S. The molecule has 1 rings (SSSR count). The summed E-state index contributed by atoms with van der Waals surface area (Å²) in [5, 5.41) is 18.2. The molecule has 0 spiro atoms. The third-order valence-corrected chi connectivity index (χ3v) is 3.24. The molecule has 1 atom stereocenters. The number of carbonyl (C=O) groups excluding carboxylic acids is 1. The van der Waals surface area contributed by atoms with Crippen LogP contribution in [0.2, 0.25) is 0 Å². The molecule has 126 valence electrons. The van der Waals surface area contributed by atoms with Gasteiger partial charge in [0, 0.05) is 17.8 Å². The van der Waals surface area contributed by atoms with Crippen LogP contribution in [0.3, 0.4) is 0 Å². The van der Waals surface area contributed by atoms with Gasteiger partial charge in [0.1, 0.15) is 0 Å². The van der Waals surface area contributed by atoms with Crippen LogP contribution in [-0.4, -0.2) is 33.2 Å². The van der Waals surface area contributed by atoms with Crippen LogP contribution in [0, 0.1) is 10.1 Å². The molecule has 23 heavy (non-hydrogen) atoms. The molecule has 0 aliphatic carbocycles. The number of alkyl halides is 3. The highest BCUT2D eigenvalue weighted by molar-refractivity contribution is 7.80. The van der Waals surface area contributed by atoms with Gasteiger partial charge in [0.05, 0.1) is 12.0 Å². The molecule has 0 saturated carbocycles. The van der Waals surface area contributed by atoms with E-state index in [1.165, 1.54) is 18.2 Å². The lowest BCUT2D eigenvalue weighted by atomic mass is 10.3. The van der Waals surface area contributed by atoms with Gasteiger partial charge in [-0.15, -0.1) is 0 Å². The third-order valence-electron chi connectivity index (χ3n) is 2.37. The molecule has 0 aliphatic rings. The summed E-state index contributed by atoms with van der Waals surface area (Å²) in [6.45, 7) is 0. The lowest BCUT2D eigenvalue weighted by Crippen LogP contribution is -2.56. The fourth-order valence-electron chi connectivity index (χ4n) is 1.37. The molecule has 1 amide bonds. The number of nitro benzene ring substituents is 1. The van der Waals surface area contributed by atoms with Crippen molar-refractivity contribution in [2.45, 2.75) is 9.96 Å². The highest BCUT2D eigenvalue weighted by Crippen LogP contribution is 2.29. The number of hydrogen-bond donors (Lipinski definition) is 3. The number of ether oxygens (including phenoxy) is 1. The first kappa shape index (κ1) is 19.5. The second kappa shape index (κ2) is 8.34. The number of nitrogens with one attached hydrogen (secondary N) is 3. The Morgan fingerprint density at radius 2 is 2.04 bits per heavy atom. The van der Waals surface area contributed by atoms with Gasteiger partial charge in [-0.2, -0.15) is 0 Å². The molecule has 0 radical (unpaired) electrons. The Balaban J connectivity index is 2.77. The minimum absolute atomic E-state index is 0.0294. The van der Waals surface area contributed by atoms with Gasteiger partial charge in [0.15, 0.2) is 11.3 Å². The predicted octanol–water partition coefficient (Wildman–Crippen LogP) is 2.93. The highest BCUT2D eigenvalue weighted by atomic mass is 35.6. The first-order valence-corrected chi connectivity index (χ1v) is 7.41. The molecular weight excluding hydrogens is 391 g/mol. The molecule has 12 heteroatoms. The van der Waals surface area contributed by atoms with Crippen molar-refractivity contribution in [3.05, 3.63) is 34.4 Å². The normalized spacial score (nSPS) is 12.0. The number of nitro groups is 1. The average Bonchev–Trinajstić information content (AvgIpc) is 2.45. The maximum atomic E-state index is 11.2. The third kappa shape index (κ3) is 6.61. The Labute approximate surface area is 151 Å². The molecule has 0 heterocycles. The van der Waals surface area contributed by atoms with E-state index >= 15 is 0 Å². The summed E-state index contributed by atoms with van der Waals surface area (Å²) in [6, 6.07) is 5.62. The molecule has 8 nitrogen and oxygen atoms in total. The van der Waals surface area contributed by atoms with Crippen LogP contribution in [-0.2, 0) is 4.74 Å². The Morgan fingerprint density at radius 1 is 1.39 bits per heavy atom. The van der Waals surface area contributed by atoms with Crippen molar-refractivity contribution >= 4 is 69.6 Å². The first-order chi connectivity index (χ1) is 10.6. The number of non-ortho nitro benzene ring substituents is 1. The standard InChI is InChI=1S/C11H11Cl3N4O4S/c1-22-10(19)17-8(11(12,13)14)16-9(23)15-6-3-2-4-7(5-6)18(20)21/h2-5,8H,1H3,(H,17,19)(H2,15,16,23). The lowest BCUT2D eigenvalue weighted by molar-refractivity contribution is -0.384. The van der Waals surface area contributed by atoms with E-state index in [0.29, 0.717) is 5.69 Å². The number of rotatable bonds is 4. The van der Waals surface area contributed by atoms with E-state index in [1.54, 1.807) is 6.07 Å². The van der Waals surface area contributed by atoms with Gasteiger partial charge in [0.2, 0.25) is 3.79 Å². The van der Waals surface area contributed by atoms with Crippen molar-refractivity contribution in [1.29, 1.82) is 0 Å². The average molecular weight is 402 g/mol. The SMILES string of the molecule is COC(=O)NC(NC(=S)Nc1cccc([N+](=O)[O-])c1)C(Cl)(Cl)Cl. The quantitative estimate of drug-likeness (QED) is 0.234. The Bertz CT molecular complexity index is 611. The molecule has 0 aliphatic heterocycles. The van der Waals surface area contributed by atoms with E-state index < -0.39 is 21.0 Å². The number of benzene rings is 1. The van der Waals surface area contributed by atoms with Gasteiger partial charge in [-0.05, 0) is 18.3 Å². The number of hydrogen-bond acceptors (Lipinski definition) is 5. The maximum absolute atomic E-state index is 11.2. The van der Waals surface area contributed by atoms with E-state index in [0.717, 1.165) is 7.11 Å². The summed E-state index contributed by atoms with van der Waals surface area (Å²) >= 11 is 22.2. The number of halogens is 3. The van der Waals surface area contributed by atoms with Crippen molar-refractivity contribution in [3.8, 4) is 0 Å². The fraction of sp³-hybridized carbons (Fsp3) is 0.273. The van der Waals surface area contributed by atoms with Crippen molar-refractivity contribution in [2.24, 2.45) is 0 Å². The molecule has 1 unspecified atom stereocenters. The summed E-state index contributed by atoms with van der Waals surface area (Å²) in [5.41, 5.74) is 0.223. The van der Waals surface area contributed by atoms with E-state index in [2.05, 4.69) is 20.7 Å². The van der Waals surface area contributed by atoms with Crippen molar-refractivity contribution in [3.63, 3.8) is 0 Å². The van der Waals surface area contributed by atoms with Crippen molar-refractivity contribution < 1.29 is 14.5 Å². The highest BCUT2D eigenvalue weighted by Gasteiger charge is 2.35. The van der Waals surface area contributed by atoms with Crippen LogP contribution < -0.4 is 16.0 Å². The Hall–Kier alpha value is -1.55. The zero-order valence-corrected chi connectivity index (χ0v) is 14.6. The van der Waals surface area contributed by atoms with Gasteiger partial charge in [-0.25, -0.2) is 4.79 Å². The van der Waals surface area contributed by atoms with Gasteiger partial charge in [-0.3, -0.25) is 15.4 Å². The lowest BCUT2D eigenvalue weighted by Gasteiger charge is -2.27. The largest absolute Gasteiger partial charge is 0.453 e. The zero-order valence-electron chi connectivity index (χ0n) is 11.5. The zero-order chi connectivity index (χ0) is 17.6. The molecule has 0 bridgehead atoms. The first-order valence-electron chi connectivity index (χ1n) is 5.86. The number of thiocarbonyl (C=S) groups is 1. The molecule has 1 aromatic carbocycles. The van der Waals surface area contributed by atoms with Crippen molar-refractivity contribution in [1.82, 2.24) is 10.6 Å². The van der Waals surface area contributed by atoms with Gasteiger partial charge >= 0.3 is 6.09 Å². The van der Waals surface area contributed by atoms with E-state index in [-0.39, 0.29) is 10.8 Å². The monoisotopic (exact) mass is 400 g/mol. The van der Waals surface area contributed by atoms with Gasteiger partial charge in [-0.1, -0.05) is 40.9 Å². The topological polar surface area (TPSA) is 106 Å². The Kier molecular flexibility index (Phi) is 7.07. The minimum Gasteiger partial charge on any atom is -0.453 e. The molecule has 0 fully saturated rings. The van der Waals surface area contributed by atoms with Crippen LogP contribution in [0.25, 0.3) is 0 Å². The molecule has 0 aromatic heterocycles. The van der Waals surface area contributed by atoms with Gasteiger partial charge in [0.25, 0.3) is 5.69 Å². The van der Waals surface area contributed by atoms with Crippen LogP contribution in [0.4, 0.5) is 16.2 Å². The second-order valence-electron chi connectivity index (χ2n) is 4.02. The summed E-state index contributed by atoms with van der Waals surface area (Å²) in [6.07, 6.45) is -2.04. The Morgan fingerprint density at radius 3 is 2.57 bits per heavy atom. The van der Waals surface area contributed by atoms with Crippen LogP contribution in [0.1, 0.15) is 0 Å². The number of amides is 1. The van der Waals surface area contributed by atoms with Crippen LogP contribution >= 0.6 is 47.0 Å². The summed E-state index contributed by atoms with van der Waals surface area (Å²) in [7, 11) is 1.14. The summed E-state index contributed by atoms with van der Waals surface area (Å²) < 4.78 is 2.49. The summed E-state index contributed by atoms with van der Waals surface area (Å²) in [4.78, 5) is 21.4. The van der Waals surface area contributed by atoms with Crippen LogP contribution in [0.15, 0.2) is 24.3 Å². The number of methoxy groups -OCH3 is 1. The molecule has 3 N–H and O–H groups in total. The van der Waals surface area contributed by atoms with Gasteiger partial charge < -0.3 is 15.4 Å². The molecule has 0 saturated heterocycles.